The van der Waals surface area contributed by atoms with E-state index in [0.717, 1.165) is 0 Å². The van der Waals surface area contributed by atoms with Crippen LogP contribution in [-0.4, -0.2) is 16.2 Å². The summed E-state index contributed by atoms with van der Waals surface area (Å²) in [5.41, 5.74) is 0.597. The van der Waals surface area contributed by atoms with Crippen molar-refractivity contribution in [1.82, 2.24) is 0 Å². The van der Waals surface area contributed by atoms with Gasteiger partial charge in [0.1, 0.15) is 6.61 Å². The summed E-state index contributed by atoms with van der Waals surface area (Å²) in [4.78, 5) is 10.3. The predicted molar refractivity (Wildman–Crippen MR) is 40.2 cm³/mol. The lowest BCUT2D eigenvalue weighted by molar-refractivity contribution is -0.695. The van der Waals surface area contributed by atoms with Crippen LogP contribution in [0.5, 0.6) is 0 Å². The van der Waals surface area contributed by atoms with Crippen LogP contribution in [0.4, 0.5) is 0 Å². The molecule has 0 bridgehead atoms. The molecule has 4 nitrogen and oxygen atoms in total. The quantitative estimate of drug-likeness (QED) is 0.601. The standard InChI is InChI=1S/C8H9NO3/c10-6-7-3-1-2-4-9(7)5-8(11)12/h1-4,10H,5-6H2/p+1. The molecule has 0 aliphatic heterocycles. The van der Waals surface area contributed by atoms with E-state index in [9.17, 15) is 4.79 Å². The van der Waals surface area contributed by atoms with Gasteiger partial charge in [-0.3, -0.25) is 0 Å². The summed E-state index contributed by atoms with van der Waals surface area (Å²) in [5.74, 6) is -0.916. The van der Waals surface area contributed by atoms with E-state index in [1.54, 1.807) is 24.4 Å². The summed E-state index contributed by atoms with van der Waals surface area (Å²) in [6, 6.07) is 5.16. The molecule has 4 heteroatoms. The fourth-order valence-electron chi connectivity index (χ4n) is 0.955. The maximum atomic E-state index is 10.3. The molecule has 1 aromatic heterocycles. The molecule has 0 fully saturated rings. The third kappa shape index (κ3) is 2.03. The Balaban J connectivity index is 2.89. The number of carboxylic acid groups (broad SMARTS) is 1. The molecule has 1 rings (SSSR count). The van der Waals surface area contributed by atoms with Gasteiger partial charge in [-0.25, -0.2) is 4.79 Å². The van der Waals surface area contributed by atoms with Crippen LogP contribution >= 0.6 is 0 Å². The third-order valence-electron chi connectivity index (χ3n) is 1.50. The second-order valence-electron chi connectivity index (χ2n) is 2.37. The van der Waals surface area contributed by atoms with Crippen molar-refractivity contribution in [1.29, 1.82) is 0 Å². The van der Waals surface area contributed by atoms with Gasteiger partial charge in [-0.2, -0.15) is 4.57 Å². The van der Waals surface area contributed by atoms with Crippen molar-refractivity contribution >= 4 is 5.97 Å². The van der Waals surface area contributed by atoms with E-state index < -0.39 is 5.97 Å². The van der Waals surface area contributed by atoms with Crippen LogP contribution in [-0.2, 0) is 17.9 Å². The van der Waals surface area contributed by atoms with Gasteiger partial charge in [0, 0.05) is 12.1 Å². The molecule has 0 saturated carbocycles. The second-order valence-corrected chi connectivity index (χ2v) is 2.37. The molecular weight excluding hydrogens is 158 g/mol. The number of aliphatic carboxylic acids is 1. The van der Waals surface area contributed by atoms with E-state index in [2.05, 4.69) is 0 Å². The highest BCUT2D eigenvalue weighted by molar-refractivity contribution is 5.64. The zero-order valence-electron chi connectivity index (χ0n) is 6.47. The topological polar surface area (TPSA) is 61.4 Å². The van der Waals surface area contributed by atoms with Gasteiger partial charge in [0.25, 0.3) is 0 Å². The van der Waals surface area contributed by atoms with Crippen LogP contribution < -0.4 is 4.57 Å². The monoisotopic (exact) mass is 168 g/mol. The third-order valence-corrected chi connectivity index (χ3v) is 1.50. The molecule has 0 saturated heterocycles. The van der Waals surface area contributed by atoms with Crippen LogP contribution in [0.3, 0.4) is 0 Å². The molecule has 1 aromatic rings. The van der Waals surface area contributed by atoms with Gasteiger partial charge in [0.2, 0.25) is 12.2 Å². The summed E-state index contributed by atoms with van der Waals surface area (Å²) >= 11 is 0. The molecule has 0 aromatic carbocycles. The summed E-state index contributed by atoms with van der Waals surface area (Å²) in [7, 11) is 0. The van der Waals surface area contributed by atoms with Crippen LogP contribution in [0.2, 0.25) is 0 Å². The first-order chi connectivity index (χ1) is 5.74. The Hall–Kier alpha value is -1.42. The first kappa shape index (κ1) is 8.67. The summed E-state index contributed by atoms with van der Waals surface area (Å²) in [5, 5.41) is 17.3. The van der Waals surface area contributed by atoms with E-state index in [4.69, 9.17) is 10.2 Å². The molecule has 0 aliphatic rings. The van der Waals surface area contributed by atoms with Gasteiger partial charge in [0.15, 0.2) is 6.20 Å². The summed E-state index contributed by atoms with van der Waals surface area (Å²) < 4.78 is 1.49. The number of hydrogen-bond acceptors (Lipinski definition) is 2. The molecule has 0 unspecified atom stereocenters. The van der Waals surface area contributed by atoms with E-state index >= 15 is 0 Å². The molecule has 0 spiro atoms. The lowest BCUT2D eigenvalue weighted by Crippen LogP contribution is -2.41. The number of hydrogen-bond donors (Lipinski definition) is 2. The van der Waals surface area contributed by atoms with Gasteiger partial charge in [-0.1, -0.05) is 6.07 Å². The Morgan fingerprint density at radius 1 is 1.50 bits per heavy atom. The smallest absolute Gasteiger partial charge is 0.370 e. The van der Waals surface area contributed by atoms with Crippen molar-refractivity contribution in [3.63, 3.8) is 0 Å². The van der Waals surface area contributed by atoms with E-state index in [0.29, 0.717) is 5.69 Å². The Kier molecular flexibility index (Phi) is 2.76. The van der Waals surface area contributed by atoms with Gasteiger partial charge in [-0.05, 0) is 0 Å². The van der Waals surface area contributed by atoms with E-state index in [1.807, 2.05) is 0 Å². The number of carboxylic acids is 1. The first-order valence-electron chi connectivity index (χ1n) is 3.54. The Morgan fingerprint density at radius 2 is 2.25 bits per heavy atom. The minimum atomic E-state index is -0.916. The molecule has 0 aliphatic carbocycles. The van der Waals surface area contributed by atoms with Crippen LogP contribution in [0.1, 0.15) is 5.69 Å². The Bertz CT molecular complexity index is 285. The lowest BCUT2D eigenvalue weighted by Gasteiger charge is -1.96. The SMILES string of the molecule is O=C(O)C[n+]1ccccc1CO. The minimum absolute atomic E-state index is 0.114. The first-order valence-corrected chi connectivity index (χ1v) is 3.54. The second kappa shape index (κ2) is 3.82. The molecule has 0 radical (unpaired) electrons. The molecule has 64 valence electrons. The zero-order chi connectivity index (χ0) is 8.97. The van der Waals surface area contributed by atoms with Crippen molar-refractivity contribution in [3.05, 3.63) is 30.1 Å². The van der Waals surface area contributed by atoms with Crippen molar-refractivity contribution in [2.75, 3.05) is 0 Å². The fourth-order valence-corrected chi connectivity index (χ4v) is 0.955. The van der Waals surface area contributed by atoms with Gasteiger partial charge >= 0.3 is 5.97 Å². The maximum Gasteiger partial charge on any atom is 0.370 e. The molecule has 12 heavy (non-hydrogen) atoms. The highest BCUT2D eigenvalue weighted by Gasteiger charge is 2.11. The molecule has 1 heterocycles. The molecule has 0 amide bonds. The fraction of sp³-hybridized carbons (Fsp3) is 0.250. The number of carbonyl (C=O) groups is 1. The van der Waals surface area contributed by atoms with Gasteiger partial charge < -0.3 is 10.2 Å². The number of pyridine rings is 1. The Labute approximate surface area is 69.7 Å². The van der Waals surface area contributed by atoms with E-state index in [1.165, 1.54) is 4.57 Å². The van der Waals surface area contributed by atoms with Crippen molar-refractivity contribution in [2.45, 2.75) is 13.2 Å². The molecule has 2 N–H and O–H groups in total. The molecular formula is C8H10NO3+. The van der Waals surface area contributed by atoms with Crippen LogP contribution in [0.25, 0.3) is 0 Å². The minimum Gasteiger partial charge on any atom is -0.477 e. The Morgan fingerprint density at radius 3 is 2.83 bits per heavy atom. The summed E-state index contributed by atoms with van der Waals surface area (Å²) in [6.45, 7) is -0.259. The molecule has 0 atom stereocenters. The predicted octanol–water partition coefficient (Wildman–Crippen LogP) is -0.449. The number of aliphatic hydroxyl groups excluding tert-OH is 1. The van der Waals surface area contributed by atoms with Gasteiger partial charge in [-0.15, -0.1) is 0 Å². The average Bonchev–Trinajstić information content (AvgIpc) is 2.04. The van der Waals surface area contributed by atoms with Crippen molar-refractivity contribution in [2.24, 2.45) is 0 Å². The van der Waals surface area contributed by atoms with Crippen LogP contribution in [0.15, 0.2) is 24.4 Å². The number of rotatable bonds is 3. The van der Waals surface area contributed by atoms with Crippen molar-refractivity contribution < 1.29 is 19.6 Å². The normalized spacial score (nSPS) is 9.75. The van der Waals surface area contributed by atoms with Crippen LogP contribution in [0, 0.1) is 0 Å². The number of aromatic nitrogens is 1. The zero-order valence-corrected chi connectivity index (χ0v) is 6.47. The maximum absolute atomic E-state index is 10.3. The average molecular weight is 168 g/mol. The number of nitrogens with zero attached hydrogens (tertiary/aromatic N) is 1. The highest BCUT2D eigenvalue weighted by atomic mass is 16.4. The number of aliphatic hydroxyl groups is 1. The van der Waals surface area contributed by atoms with Crippen molar-refractivity contribution in [3.8, 4) is 0 Å². The van der Waals surface area contributed by atoms with Gasteiger partial charge in [0.05, 0.1) is 0 Å². The van der Waals surface area contributed by atoms with E-state index in [-0.39, 0.29) is 13.2 Å². The lowest BCUT2D eigenvalue weighted by atomic mass is 10.3. The largest absolute Gasteiger partial charge is 0.477 e. The summed E-state index contributed by atoms with van der Waals surface area (Å²) in [6.07, 6.45) is 1.62. The highest BCUT2D eigenvalue weighted by Crippen LogP contribution is 1.89.